The maximum absolute atomic E-state index is 13.2. The Hall–Kier alpha value is -3.35. The molecular weight excluding hydrogens is 358 g/mol. The minimum Gasteiger partial charge on any atom is -0.508 e. The lowest BCUT2D eigenvalue weighted by Crippen LogP contribution is -2.37. The summed E-state index contributed by atoms with van der Waals surface area (Å²) < 4.78 is 6.60. The second-order valence-corrected chi connectivity index (χ2v) is 6.94. The molecule has 146 valence electrons. The third-order valence-electron chi connectivity index (χ3n) is 4.35. The van der Waals surface area contributed by atoms with Gasteiger partial charge in [0.25, 0.3) is 5.56 Å². The van der Waals surface area contributed by atoms with Crippen LogP contribution < -0.4 is 15.6 Å². The number of nitrogens with one attached hydrogen (secondary N) is 1. The molecule has 0 spiro atoms. The molecule has 0 bridgehead atoms. The zero-order valence-electron chi connectivity index (χ0n) is 16.3. The fraction of sp³-hybridized carbons (Fsp3) is 0.286. The largest absolute Gasteiger partial charge is 0.508 e. The second kappa shape index (κ2) is 7.72. The van der Waals surface area contributed by atoms with E-state index in [0.717, 1.165) is 0 Å². The number of carbonyl (C=O) groups excluding carboxylic acids is 1. The van der Waals surface area contributed by atoms with Crippen molar-refractivity contribution in [2.24, 2.45) is 0 Å². The molecule has 0 fully saturated rings. The highest BCUT2D eigenvalue weighted by Gasteiger charge is 2.17. The summed E-state index contributed by atoms with van der Waals surface area (Å²) in [7, 11) is 1.56. The van der Waals surface area contributed by atoms with Crippen LogP contribution in [-0.2, 0) is 11.3 Å². The maximum Gasteiger partial charge on any atom is 0.262 e. The van der Waals surface area contributed by atoms with Crippen molar-refractivity contribution in [2.75, 3.05) is 7.11 Å². The molecule has 2 aromatic carbocycles. The molecular formula is C21H23N3O4. The van der Waals surface area contributed by atoms with Gasteiger partial charge in [0.1, 0.15) is 23.9 Å². The normalized spacial score (nSPS) is 11.0. The first-order valence-corrected chi connectivity index (χ1v) is 8.98. The predicted octanol–water partition coefficient (Wildman–Crippen LogP) is 2.61. The topological polar surface area (TPSA) is 93.4 Å². The molecule has 3 aromatic rings. The Bertz CT molecular complexity index is 1100. The van der Waals surface area contributed by atoms with Crippen LogP contribution >= 0.6 is 0 Å². The summed E-state index contributed by atoms with van der Waals surface area (Å²) in [5, 5.41) is 13.1. The maximum atomic E-state index is 13.2. The third kappa shape index (κ3) is 3.83. The number of phenolic OH excluding ortho intramolecular Hbond substituents is 1. The Morgan fingerprint density at radius 3 is 2.71 bits per heavy atom. The summed E-state index contributed by atoms with van der Waals surface area (Å²) in [6, 6.07) is 10.2. The fourth-order valence-corrected chi connectivity index (χ4v) is 3.00. The molecule has 0 saturated carbocycles. The molecule has 0 unspecified atom stereocenters. The first kappa shape index (κ1) is 19.4. The molecule has 28 heavy (non-hydrogen) atoms. The fourth-order valence-electron chi connectivity index (χ4n) is 3.00. The number of phenols is 1. The quantitative estimate of drug-likeness (QED) is 0.709. The lowest BCUT2D eigenvalue weighted by Gasteiger charge is -2.16. The SMILES string of the molecule is COc1cccc(-c2nc3cc(C)c(O)cc3c(=O)n2CC(=O)NC(C)C)c1. The second-order valence-electron chi connectivity index (χ2n) is 6.94. The molecule has 0 aliphatic rings. The summed E-state index contributed by atoms with van der Waals surface area (Å²) in [5.74, 6) is 0.699. The van der Waals surface area contributed by atoms with Gasteiger partial charge < -0.3 is 15.2 Å². The number of nitrogens with zero attached hydrogens (tertiary/aromatic N) is 2. The summed E-state index contributed by atoms with van der Waals surface area (Å²) in [4.78, 5) is 30.2. The van der Waals surface area contributed by atoms with Gasteiger partial charge in [-0.1, -0.05) is 12.1 Å². The van der Waals surface area contributed by atoms with Crippen LogP contribution in [0.4, 0.5) is 0 Å². The monoisotopic (exact) mass is 381 g/mol. The van der Waals surface area contributed by atoms with Crippen LogP contribution in [0.2, 0.25) is 0 Å². The number of benzene rings is 2. The van der Waals surface area contributed by atoms with Crippen molar-refractivity contribution >= 4 is 16.8 Å². The molecule has 1 amide bonds. The van der Waals surface area contributed by atoms with Crippen LogP contribution in [0.15, 0.2) is 41.2 Å². The number of fused-ring (bicyclic) bond motifs is 1. The minimum atomic E-state index is -0.392. The van der Waals surface area contributed by atoms with Gasteiger partial charge in [0.2, 0.25) is 5.91 Å². The van der Waals surface area contributed by atoms with Crippen molar-refractivity contribution in [3.63, 3.8) is 0 Å². The standard InChI is InChI=1S/C21H23N3O4/c1-12(2)22-19(26)11-24-20(14-6-5-7-15(9-14)28-4)23-17-8-13(3)18(25)10-16(17)21(24)27/h5-10,12,25H,11H2,1-4H3,(H,22,26). The van der Waals surface area contributed by atoms with Crippen molar-refractivity contribution in [3.05, 3.63) is 52.3 Å². The number of ether oxygens (including phenoxy) is 1. The van der Waals surface area contributed by atoms with Gasteiger partial charge in [-0.05, 0) is 50.6 Å². The van der Waals surface area contributed by atoms with Crippen LogP contribution in [0.25, 0.3) is 22.3 Å². The van der Waals surface area contributed by atoms with E-state index in [9.17, 15) is 14.7 Å². The van der Waals surface area contributed by atoms with Crippen LogP contribution in [0, 0.1) is 6.92 Å². The summed E-state index contributed by atoms with van der Waals surface area (Å²) >= 11 is 0. The molecule has 7 heteroatoms. The molecule has 0 radical (unpaired) electrons. The van der Waals surface area contributed by atoms with E-state index in [2.05, 4.69) is 10.3 Å². The Kier molecular flexibility index (Phi) is 5.35. The smallest absolute Gasteiger partial charge is 0.262 e. The number of aryl methyl sites for hydroxylation is 1. The first-order valence-electron chi connectivity index (χ1n) is 8.98. The van der Waals surface area contributed by atoms with Crippen molar-refractivity contribution in [2.45, 2.75) is 33.4 Å². The van der Waals surface area contributed by atoms with Gasteiger partial charge in [-0.3, -0.25) is 14.2 Å². The minimum absolute atomic E-state index is 0.0127. The van der Waals surface area contributed by atoms with E-state index < -0.39 is 5.56 Å². The summed E-state index contributed by atoms with van der Waals surface area (Å²) in [6.45, 7) is 5.26. The average molecular weight is 381 g/mol. The lowest BCUT2D eigenvalue weighted by molar-refractivity contribution is -0.122. The molecule has 1 aromatic heterocycles. The van der Waals surface area contributed by atoms with Crippen LogP contribution in [0.1, 0.15) is 19.4 Å². The average Bonchev–Trinajstić information content (AvgIpc) is 2.65. The highest BCUT2D eigenvalue weighted by Crippen LogP contribution is 2.26. The molecule has 0 atom stereocenters. The van der Waals surface area contributed by atoms with Gasteiger partial charge in [-0.15, -0.1) is 0 Å². The molecule has 0 aliphatic carbocycles. The van der Waals surface area contributed by atoms with Crippen LogP contribution in [-0.4, -0.2) is 33.7 Å². The Morgan fingerprint density at radius 2 is 2.04 bits per heavy atom. The number of rotatable bonds is 5. The van der Waals surface area contributed by atoms with Gasteiger partial charge in [-0.25, -0.2) is 4.98 Å². The summed E-state index contributed by atoms with van der Waals surface area (Å²) in [5.41, 5.74) is 1.34. The third-order valence-corrected chi connectivity index (χ3v) is 4.35. The number of amides is 1. The Morgan fingerprint density at radius 1 is 1.29 bits per heavy atom. The lowest BCUT2D eigenvalue weighted by atomic mass is 10.1. The number of hydrogen-bond acceptors (Lipinski definition) is 5. The molecule has 7 nitrogen and oxygen atoms in total. The highest BCUT2D eigenvalue weighted by atomic mass is 16.5. The molecule has 2 N–H and O–H groups in total. The van der Waals surface area contributed by atoms with Crippen molar-refractivity contribution in [3.8, 4) is 22.9 Å². The van der Waals surface area contributed by atoms with E-state index in [1.807, 2.05) is 13.8 Å². The number of aromatic nitrogens is 2. The van der Waals surface area contributed by atoms with Crippen molar-refractivity contribution < 1.29 is 14.6 Å². The van der Waals surface area contributed by atoms with E-state index in [1.165, 1.54) is 10.6 Å². The zero-order chi connectivity index (χ0) is 20.4. The first-order chi connectivity index (χ1) is 13.3. The van der Waals surface area contributed by atoms with Gasteiger partial charge in [0, 0.05) is 11.6 Å². The number of methoxy groups -OCH3 is 1. The van der Waals surface area contributed by atoms with Crippen LogP contribution in [0.5, 0.6) is 11.5 Å². The van der Waals surface area contributed by atoms with Crippen LogP contribution in [0.3, 0.4) is 0 Å². The summed E-state index contributed by atoms with van der Waals surface area (Å²) in [6.07, 6.45) is 0. The van der Waals surface area contributed by atoms with Gasteiger partial charge in [-0.2, -0.15) is 0 Å². The van der Waals surface area contributed by atoms with E-state index >= 15 is 0 Å². The number of carbonyl (C=O) groups is 1. The van der Waals surface area contributed by atoms with Crippen molar-refractivity contribution in [1.82, 2.24) is 14.9 Å². The molecule has 0 aliphatic heterocycles. The van der Waals surface area contributed by atoms with Gasteiger partial charge in [0.15, 0.2) is 0 Å². The number of hydrogen-bond donors (Lipinski definition) is 2. The molecule has 0 saturated heterocycles. The van der Waals surface area contributed by atoms with E-state index in [4.69, 9.17) is 4.74 Å². The Labute approximate surface area is 162 Å². The molecule has 3 rings (SSSR count). The number of aromatic hydroxyl groups is 1. The van der Waals surface area contributed by atoms with Gasteiger partial charge >= 0.3 is 0 Å². The highest BCUT2D eigenvalue weighted by molar-refractivity contribution is 5.83. The van der Waals surface area contributed by atoms with E-state index in [1.54, 1.807) is 44.4 Å². The Balaban J connectivity index is 2.26. The molecule has 1 heterocycles. The van der Waals surface area contributed by atoms with E-state index in [0.29, 0.717) is 28.2 Å². The zero-order valence-corrected chi connectivity index (χ0v) is 16.3. The van der Waals surface area contributed by atoms with Crippen molar-refractivity contribution in [1.29, 1.82) is 0 Å². The van der Waals surface area contributed by atoms with E-state index in [-0.39, 0.29) is 29.6 Å². The predicted molar refractivity (Wildman–Crippen MR) is 108 cm³/mol. The van der Waals surface area contributed by atoms with Gasteiger partial charge in [0.05, 0.1) is 18.0 Å².